The topological polar surface area (TPSA) is 75.6 Å². The number of aromatic nitrogens is 3. The van der Waals surface area contributed by atoms with Crippen molar-refractivity contribution in [1.29, 1.82) is 0 Å². The highest BCUT2D eigenvalue weighted by molar-refractivity contribution is 6.01. The molecule has 2 aromatic heterocycles. The number of nitrogens with zero attached hydrogens (tertiary/aromatic N) is 5. The van der Waals surface area contributed by atoms with Crippen molar-refractivity contribution in [2.24, 2.45) is 0 Å². The molecule has 8 nitrogen and oxygen atoms in total. The van der Waals surface area contributed by atoms with E-state index in [1.54, 1.807) is 24.3 Å². The Morgan fingerprint density at radius 3 is 2.93 bits per heavy atom. The highest BCUT2D eigenvalue weighted by Crippen LogP contribution is 2.43. The number of piperazine rings is 1. The maximum absolute atomic E-state index is 16.7. The van der Waals surface area contributed by atoms with Crippen LogP contribution < -0.4 is 19.7 Å². The van der Waals surface area contributed by atoms with Gasteiger partial charge in [0.1, 0.15) is 47.6 Å². The molecule has 0 amide bonds. The Balaban J connectivity index is 1.29. The lowest BCUT2D eigenvalue weighted by Gasteiger charge is -2.41. The molecule has 0 aliphatic carbocycles. The number of benzene rings is 2. The van der Waals surface area contributed by atoms with Crippen LogP contribution in [0.3, 0.4) is 0 Å². The van der Waals surface area contributed by atoms with Crippen molar-refractivity contribution in [2.75, 3.05) is 44.3 Å². The number of anilines is 1. The van der Waals surface area contributed by atoms with E-state index < -0.39 is 17.5 Å². The Bertz CT molecular complexity index is 1740. The molecule has 2 aromatic carbocycles. The minimum absolute atomic E-state index is 0.0558. The van der Waals surface area contributed by atoms with E-state index in [-0.39, 0.29) is 47.6 Å². The van der Waals surface area contributed by atoms with Crippen molar-refractivity contribution < 1.29 is 22.6 Å². The Hall–Kier alpha value is -3.70. The number of ether oxygens (including phenoxy) is 2. The molecule has 1 N–H and O–H groups in total. The van der Waals surface area contributed by atoms with Gasteiger partial charge in [0, 0.05) is 37.7 Å². The van der Waals surface area contributed by atoms with Crippen LogP contribution in [0.5, 0.6) is 11.9 Å². The van der Waals surface area contributed by atoms with Gasteiger partial charge in [0.15, 0.2) is 5.82 Å². The summed E-state index contributed by atoms with van der Waals surface area (Å²) in [6.07, 6.45) is 2.22. The summed E-state index contributed by atoms with van der Waals surface area (Å²) in [4.78, 5) is 18.5. The SMILES string of the molecule is CC[C@@H]1NCCN2c3nc(OC[C@@]45CCCN4C[C@H](F)C5)nc4c(F)c(-c5cccc6cc(F)ccc56)nc(c34)OC[C@H]12. The fourth-order valence-electron chi connectivity index (χ4n) is 7.71. The van der Waals surface area contributed by atoms with Gasteiger partial charge in [-0.3, -0.25) is 4.90 Å². The molecular formula is C32H33F3N6O2. The number of pyridine rings is 1. The maximum Gasteiger partial charge on any atom is 0.319 e. The Morgan fingerprint density at radius 1 is 1.14 bits per heavy atom. The van der Waals surface area contributed by atoms with Gasteiger partial charge in [-0.15, -0.1) is 0 Å². The summed E-state index contributed by atoms with van der Waals surface area (Å²) in [5, 5.41) is 5.28. The number of alkyl halides is 1. The number of halogens is 3. The highest BCUT2D eigenvalue weighted by Gasteiger charge is 2.49. The first-order valence-electron chi connectivity index (χ1n) is 15.2. The molecule has 43 heavy (non-hydrogen) atoms. The Kier molecular flexibility index (Phi) is 6.38. The number of rotatable bonds is 5. The minimum Gasteiger partial charge on any atom is -0.475 e. The highest BCUT2D eigenvalue weighted by atomic mass is 19.1. The predicted molar refractivity (Wildman–Crippen MR) is 157 cm³/mol. The summed E-state index contributed by atoms with van der Waals surface area (Å²) in [6, 6.07) is 9.85. The van der Waals surface area contributed by atoms with Crippen LogP contribution in [-0.2, 0) is 0 Å². The van der Waals surface area contributed by atoms with Gasteiger partial charge in [0.2, 0.25) is 5.88 Å². The van der Waals surface area contributed by atoms with E-state index in [1.807, 2.05) is 0 Å². The molecule has 4 aromatic rings. The molecule has 4 atom stereocenters. The average Bonchev–Trinajstić information content (AvgIpc) is 3.49. The summed E-state index contributed by atoms with van der Waals surface area (Å²) >= 11 is 0. The van der Waals surface area contributed by atoms with E-state index in [0.717, 1.165) is 32.4 Å². The van der Waals surface area contributed by atoms with Gasteiger partial charge in [-0.2, -0.15) is 9.97 Å². The first kappa shape index (κ1) is 26.9. The van der Waals surface area contributed by atoms with Crippen LogP contribution in [0.4, 0.5) is 19.0 Å². The average molecular weight is 591 g/mol. The zero-order valence-electron chi connectivity index (χ0n) is 24.0. The molecule has 0 saturated carbocycles. The lowest BCUT2D eigenvalue weighted by Crippen LogP contribution is -2.60. The first-order valence-corrected chi connectivity index (χ1v) is 15.2. The van der Waals surface area contributed by atoms with Gasteiger partial charge in [0.05, 0.1) is 11.6 Å². The lowest BCUT2D eigenvalue weighted by atomic mass is 9.95. The molecule has 224 valence electrons. The van der Waals surface area contributed by atoms with Gasteiger partial charge in [-0.1, -0.05) is 31.2 Å². The lowest BCUT2D eigenvalue weighted by molar-refractivity contribution is 0.107. The van der Waals surface area contributed by atoms with Gasteiger partial charge in [0.25, 0.3) is 0 Å². The number of hydrogen-bond acceptors (Lipinski definition) is 8. The molecular weight excluding hydrogens is 557 g/mol. The van der Waals surface area contributed by atoms with Crippen molar-refractivity contribution in [2.45, 2.75) is 56.4 Å². The monoisotopic (exact) mass is 590 g/mol. The molecule has 0 bridgehead atoms. The third-order valence-corrected chi connectivity index (χ3v) is 9.77. The zero-order valence-corrected chi connectivity index (χ0v) is 24.0. The molecule has 0 radical (unpaired) electrons. The molecule has 4 aliphatic heterocycles. The van der Waals surface area contributed by atoms with E-state index in [0.29, 0.717) is 53.7 Å². The summed E-state index contributed by atoms with van der Waals surface area (Å²) < 4.78 is 57.8. The number of fused-ring (bicyclic) bond motifs is 4. The van der Waals surface area contributed by atoms with E-state index >= 15 is 4.39 Å². The summed E-state index contributed by atoms with van der Waals surface area (Å²) in [5.74, 6) is -0.208. The molecule has 0 unspecified atom stereocenters. The smallest absolute Gasteiger partial charge is 0.319 e. The second-order valence-corrected chi connectivity index (χ2v) is 12.2. The van der Waals surface area contributed by atoms with Crippen molar-refractivity contribution >= 4 is 27.5 Å². The summed E-state index contributed by atoms with van der Waals surface area (Å²) in [6.45, 7) is 5.33. The van der Waals surface area contributed by atoms with E-state index in [4.69, 9.17) is 19.4 Å². The van der Waals surface area contributed by atoms with Crippen LogP contribution in [0.25, 0.3) is 32.9 Å². The minimum atomic E-state index is -0.890. The second kappa shape index (κ2) is 10.2. The number of nitrogens with one attached hydrogen (secondary N) is 1. The summed E-state index contributed by atoms with van der Waals surface area (Å²) in [5.41, 5.74) is 0.235. The third kappa shape index (κ3) is 4.30. The van der Waals surface area contributed by atoms with Crippen molar-refractivity contribution in [3.05, 3.63) is 48.0 Å². The van der Waals surface area contributed by atoms with E-state index in [1.165, 1.54) is 12.1 Å². The van der Waals surface area contributed by atoms with Crippen LogP contribution in [0.2, 0.25) is 0 Å². The maximum atomic E-state index is 16.7. The molecule has 6 heterocycles. The van der Waals surface area contributed by atoms with Crippen molar-refractivity contribution in [3.8, 4) is 23.1 Å². The van der Waals surface area contributed by atoms with Gasteiger partial charge in [-0.25, -0.2) is 18.2 Å². The molecule has 0 spiro atoms. The molecule has 3 saturated heterocycles. The van der Waals surface area contributed by atoms with Crippen molar-refractivity contribution in [1.82, 2.24) is 25.2 Å². The Morgan fingerprint density at radius 2 is 2.05 bits per heavy atom. The fraction of sp³-hybridized carbons (Fsp3) is 0.469. The molecule has 3 fully saturated rings. The van der Waals surface area contributed by atoms with E-state index in [2.05, 4.69) is 27.0 Å². The van der Waals surface area contributed by atoms with Crippen LogP contribution in [0.15, 0.2) is 36.4 Å². The quantitative estimate of drug-likeness (QED) is 0.347. The standard InChI is InChI=1S/C32H33F3N6O2/c1-2-23-24-16-42-30-25-28(26(35)27(37-30)22-6-3-5-18-13-19(33)7-8-21(18)22)38-31(39-29(25)41(24)12-10-36-23)43-17-32-9-4-11-40(32)15-20(34)14-32/h3,5-8,13,20,23-24,36H,2,4,9-12,14-17H2,1H3/t20-,23+,24-,32+/m1/s1. The molecule has 11 heteroatoms. The first-order chi connectivity index (χ1) is 20.9. The van der Waals surface area contributed by atoms with Crippen LogP contribution in [0.1, 0.15) is 32.6 Å². The predicted octanol–water partition coefficient (Wildman–Crippen LogP) is 5.03. The van der Waals surface area contributed by atoms with Crippen molar-refractivity contribution in [3.63, 3.8) is 0 Å². The number of hydrogen-bond donors (Lipinski definition) is 1. The van der Waals surface area contributed by atoms with Crippen LogP contribution in [0, 0.1) is 11.6 Å². The largest absolute Gasteiger partial charge is 0.475 e. The fourth-order valence-corrected chi connectivity index (χ4v) is 7.71. The zero-order chi connectivity index (χ0) is 29.3. The van der Waals surface area contributed by atoms with Gasteiger partial charge >= 0.3 is 6.01 Å². The van der Waals surface area contributed by atoms with E-state index in [9.17, 15) is 8.78 Å². The van der Waals surface area contributed by atoms with Crippen LogP contribution >= 0.6 is 0 Å². The normalized spacial score (nSPS) is 26.8. The third-order valence-electron chi connectivity index (χ3n) is 9.77. The Labute approximate surface area is 247 Å². The van der Waals surface area contributed by atoms with Gasteiger partial charge in [-0.05, 0) is 48.7 Å². The molecule has 8 rings (SSSR count). The second-order valence-electron chi connectivity index (χ2n) is 12.2. The summed E-state index contributed by atoms with van der Waals surface area (Å²) in [7, 11) is 0. The van der Waals surface area contributed by atoms with Gasteiger partial charge < -0.3 is 19.7 Å². The van der Waals surface area contributed by atoms with Crippen LogP contribution in [-0.4, -0.2) is 83.0 Å². The molecule has 4 aliphatic rings.